The van der Waals surface area contributed by atoms with Gasteiger partial charge in [0.2, 0.25) is 25.5 Å². The van der Waals surface area contributed by atoms with E-state index in [2.05, 4.69) is 29.9 Å². The number of aromatic amines is 2. The van der Waals surface area contributed by atoms with Gasteiger partial charge in [-0.2, -0.15) is 9.97 Å². The highest BCUT2D eigenvalue weighted by Gasteiger charge is 2.55. The summed E-state index contributed by atoms with van der Waals surface area (Å²) in [6, 6.07) is 0. The zero-order valence-electron chi connectivity index (χ0n) is 21.7. The van der Waals surface area contributed by atoms with Gasteiger partial charge in [0.1, 0.15) is 0 Å². The van der Waals surface area contributed by atoms with Crippen LogP contribution in [-0.4, -0.2) is 63.8 Å². The predicted molar refractivity (Wildman–Crippen MR) is 140 cm³/mol. The fourth-order valence-electron chi connectivity index (χ4n) is 5.01. The summed E-state index contributed by atoms with van der Waals surface area (Å²) in [4.78, 5) is 45.5. The fraction of sp³-hybridized carbons (Fsp3) is 0.545. The second-order valence-corrected chi connectivity index (χ2v) is 11.3. The molecule has 0 bridgehead atoms. The number of rotatable bonds is 12. The molecule has 212 valence electrons. The summed E-state index contributed by atoms with van der Waals surface area (Å²) in [7, 11) is -2.52. The Bertz CT molecular complexity index is 1610. The Morgan fingerprint density at radius 3 is 1.65 bits per heavy atom. The minimum Gasteiger partial charge on any atom is -0.369 e. The van der Waals surface area contributed by atoms with Gasteiger partial charge < -0.3 is 30.1 Å². The second kappa shape index (κ2) is 9.71. The van der Waals surface area contributed by atoms with Crippen LogP contribution >= 0.6 is 8.25 Å². The first-order valence-electron chi connectivity index (χ1n) is 12.5. The van der Waals surface area contributed by atoms with Crippen LogP contribution in [0.2, 0.25) is 0 Å². The maximum Gasteiger partial charge on any atom is 0.702 e. The average molecular weight is 576 g/mol. The Morgan fingerprint density at radius 2 is 1.27 bits per heavy atom. The zero-order valence-corrected chi connectivity index (χ0v) is 22.6. The molecule has 2 aliphatic rings. The molecular weight excluding hydrogens is 547 g/mol. The number of H-pyrrole nitrogens is 2. The number of anilines is 2. The Kier molecular flexibility index (Phi) is 6.42. The molecule has 0 amide bonds. The van der Waals surface area contributed by atoms with Gasteiger partial charge in [0.25, 0.3) is 11.1 Å². The van der Waals surface area contributed by atoms with Crippen LogP contribution in [0.5, 0.6) is 0 Å². The first kappa shape index (κ1) is 26.5. The monoisotopic (exact) mass is 575 g/mol. The number of hydrogen-bond donors (Lipinski definition) is 4. The molecule has 4 heterocycles. The van der Waals surface area contributed by atoms with E-state index in [1.807, 2.05) is 13.8 Å². The number of aromatic nitrogens is 8. The van der Waals surface area contributed by atoms with Gasteiger partial charge in [-0.15, -0.1) is 0 Å². The van der Waals surface area contributed by atoms with Crippen LogP contribution in [0.1, 0.15) is 26.7 Å². The number of fused-ring (bicyclic) bond motifs is 2. The van der Waals surface area contributed by atoms with Gasteiger partial charge in [-0.3, -0.25) is 19.6 Å². The molecule has 2 saturated carbocycles. The molecule has 0 aliphatic heterocycles. The third-order valence-corrected chi connectivity index (χ3v) is 8.28. The van der Waals surface area contributed by atoms with Crippen LogP contribution in [0.25, 0.3) is 22.3 Å². The van der Waals surface area contributed by atoms with Crippen LogP contribution < -0.4 is 22.6 Å². The molecule has 40 heavy (non-hydrogen) atoms. The number of nitrogens with two attached hydrogens (primary N) is 2. The summed E-state index contributed by atoms with van der Waals surface area (Å²) in [5, 5.41) is 0. The second-order valence-electron chi connectivity index (χ2n) is 10.3. The van der Waals surface area contributed by atoms with Crippen molar-refractivity contribution >= 4 is 42.5 Å². The number of nitrogen functional groups attached to an aromatic ring is 2. The van der Waals surface area contributed by atoms with Crippen molar-refractivity contribution < 1.29 is 23.1 Å². The van der Waals surface area contributed by atoms with Crippen LogP contribution in [0.4, 0.5) is 11.9 Å². The Labute approximate surface area is 226 Å². The van der Waals surface area contributed by atoms with Gasteiger partial charge in [-0.25, -0.2) is 9.97 Å². The van der Waals surface area contributed by atoms with Gasteiger partial charge >= 0.3 is 8.25 Å². The summed E-state index contributed by atoms with van der Waals surface area (Å²) < 4.78 is 38.1. The van der Waals surface area contributed by atoms with E-state index in [-0.39, 0.29) is 48.4 Å². The first-order valence-corrected chi connectivity index (χ1v) is 13.6. The molecule has 0 radical (unpaired) electrons. The Balaban J connectivity index is 1.00. The third kappa shape index (κ3) is 4.86. The standard InChI is InChI=1S/C22H27N10O7P/c1-11-3-21(11,5-31-7-25-13-15(31)27-19(23)29-17(13)33)36-9-38-40(35)39-10-37-22(4-12(22)2)6-32-8-26-14-16(32)28-20(24)30-18(14)34/h7-8,11-12H,3-6,9-10H2,1-2H3,(H5-,23,24,27,28,29,30,33,34)/p+1. The van der Waals surface area contributed by atoms with Crippen molar-refractivity contribution in [2.45, 2.75) is 51.0 Å². The van der Waals surface area contributed by atoms with Crippen molar-refractivity contribution in [3.8, 4) is 0 Å². The summed E-state index contributed by atoms with van der Waals surface area (Å²) in [5.74, 6) is 0.363. The van der Waals surface area contributed by atoms with Crippen molar-refractivity contribution in [2.75, 3.05) is 25.1 Å². The number of hydrogen-bond acceptors (Lipinski definition) is 13. The number of nitrogens with zero attached hydrogens (tertiary/aromatic N) is 6. The van der Waals surface area contributed by atoms with E-state index < -0.39 is 30.6 Å². The molecule has 6 N–H and O–H groups in total. The number of imidazole rings is 2. The normalized spacial score (nSPS) is 26.0. The Morgan fingerprint density at radius 1 is 0.875 bits per heavy atom. The third-order valence-electron chi connectivity index (χ3n) is 7.65. The minimum atomic E-state index is -2.52. The van der Waals surface area contributed by atoms with Crippen molar-refractivity contribution in [2.24, 2.45) is 11.8 Å². The lowest BCUT2D eigenvalue weighted by molar-refractivity contribution is -0.0870. The summed E-state index contributed by atoms with van der Waals surface area (Å²) >= 11 is 0. The van der Waals surface area contributed by atoms with Crippen molar-refractivity contribution in [1.82, 2.24) is 39.0 Å². The van der Waals surface area contributed by atoms with Crippen molar-refractivity contribution in [3.63, 3.8) is 0 Å². The van der Waals surface area contributed by atoms with Gasteiger partial charge in [0.05, 0.1) is 36.9 Å². The van der Waals surface area contributed by atoms with E-state index in [4.69, 9.17) is 30.0 Å². The van der Waals surface area contributed by atoms with E-state index in [0.29, 0.717) is 24.4 Å². The minimum absolute atomic E-state index is 0.00452. The van der Waals surface area contributed by atoms with Crippen molar-refractivity contribution in [3.05, 3.63) is 33.4 Å². The topological polar surface area (TPSA) is 233 Å². The number of nitrogens with one attached hydrogen (secondary N) is 2. The average Bonchev–Trinajstić information content (AvgIpc) is 3.53. The summed E-state index contributed by atoms with van der Waals surface area (Å²) in [5.41, 5.74) is 10.4. The lowest BCUT2D eigenvalue weighted by atomic mass is 10.2. The summed E-state index contributed by atoms with van der Waals surface area (Å²) in [6.45, 7) is 4.20. The van der Waals surface area contributed by atoms with E-state index in [1.54, 1.807) is 9.13 Å². The molecule has 0 aromatic carbocycles. The molecule has 4 atom stereocenters. The van der Waals surface area contributed by atoms with Crippen molar-refractivity contribution in [1.29, 1.82) is 0 Å². The molecule has 17 nitrogen and oxygen atoms in total. The molecule has 0 saturated heterocycles. The van der Waals surface area contributed by atoms with E-state index >= 15 is 0 Å². The van der Waals surface area contributed by atoms with Gasteiger partial charge in [0, 0.05) is 4.57 Å². The number of ether oxygens (including phenoxy) is 2. The Hall–Kier alpha value is -3.76. The SMILES string of the molecule is CC1CC1(Cn1cnc2c(=O)[nH]c(N)nc21)OCO[P+](=O)OCOC1(Cn2cnc3c(=O)[nH]c(N)nc32)CC1C. The molecule has 2 fully saturated rings. The highest BCUT2D eigenvalue weighted by molar-refractivity contribution is 7.33. The van der Waals surface area contributed by atoms with Gasteiger partial charge in [-0.05, 0) is 24.7 Å². The quantitative estimate of drug-likeness (QED) is 0.134. The maximum atomic E-state index is 12.3. The highest BCUT2D eigenvalue weighted by atomic mass is 31.1. The van der Waals surface area contributed by atoms with Gasteiger partial charge in [0.15, 0.2) is 22.3 Å². The lowest BCUT2D eigenvalue weighted by Crippen LogP contribution is -2.26. The van der Waals surface area contributed by atoms with Crippen LogP contribution in [0, 0.1) is 11.8 Å². The summed E-state index contributed by atoms with van der Waals surface area (Å²) in [6.07, 6.45) is 4.47. The highest BCUT2D eigenvalue weighted by Crippen LogP contribution is 2.49. The molecule has 4 aromatic rings. The molecule has 2 aliphatic carbocycles. The smallest absolute Gasteiger partial charge is 0.369 e. The first-order chi connectivity index (χ1) is 19.1. The largest absolute Gasteiger partial charge is 0.702 e. The lowest BCUT2D eigenvalue weighted by Gasteiger charge is -2.17. The molecule has 4 aromatic heterocycles. The van der Waals surface area contributed by atoms with Crippen LogP contribution in [0.3, 0.4) is 0 Å². The van der Waals surface area contributed by atoms with E-state index in [0.717, 1.165) is 12.8 Å². The van der Waals surface area contributed by atoms with E-state index in [1.165, 1.54) is 12.7 Å². The molecule has 6 rings (SSSR count). The molecular formula is C22H28N10O7P+. The predicted octanol–water partition coefficient (Wildman–Crippen LogP) is 0.613. The van der Waals surface area contributed by atoms with Crippen LogP contribution in [0.15, 0.2) is 22.2 Å². The zero-order chi connectivity index (χ0) is 28.2. The maximum absolute atomic E-state index is 12.3. The molecule has 0 spiro atoms. The fourth-order valence-corrected chi connectivity index (χ4v) is 5.37. The molecule has 18 heteroatoms. The van der Waals surface area contributed by atoms with Gasteiger partial charge in [-0.1, -0.05) is 22.9 Å². The molecule has 4 unspecified atom stereocenters. The van der Waals surface area contributed by atoms with E-state index in [9.17, 15) is 14.2 Å². The van der Waals surface area contributed by atoms with Crippen LogP contribution in [-0.2, 0) is 36.2 Å².